The van der Waals surface area contributed by atoms with Crippen molar-refractivity contribution in [2.75, 3.05) is 26.3 Å². The summed E-state index contributed by atoms with van der Waals surface area (Å²) in [5, 5.41) is 14.2. The minimum atomic E-state index is -0.971. The Kier molecular flexibility index (Phi) is 10.4. The molecule has 220 valence electrons. The Balaban J connectivity index is 1.62. The zero-order chi connectivity index (χ0) is 30.1. The van der Waals surface area contributed by atoms with E-state index in [4.69, 9.17) is 25.8 Å². The Bertz CT molecular complexity index is 1560. The van der Waals surface area contributed by atoms with Gasteiger partial charge >= 0.3 is 12.2 Å². The van der Waals surface area contributed by atoms with Gasteiger partial charge in [-0.1, -0.05) is 23.4 Å². The third-order valence-electron chi connectivity index (χ3n) is 6.20. The highest BCUT2D eigenvalue weighted by Crippen LogP contribution is 2.35. The second-order valence-corrected chi connectivity index (χ2v) is 9.62. The van der Waals surface area contributed by atoms with E-state index >= 15 is 0 Å². The molecule has 1 aliphatic rings. The molecule has 4 rings (SSSR count). The van der Waals surface area contributed by atoms with Crippen LogP contribution < -0.4 is 10.1 Å². The maximum Gasteiger partial charge on any atom is 0.420 e. The van der Waals surface area contributed by atoms with E-state index in [1.165, 1.54) is 29.2 Å². The first kappa shape index (κ1) is 30.5. The summed E-state index contributed by atoms with van der Waals surface area (Å²) in [7, 11) is 0. The smallest absolute Gasteiger partial charge is 0.420 e. The highest BCUT2D eigenvalue weighted by molar-refractivity contribution is 6.31. The van der Waals surface area contributed by atoms with Gasteiger partial charge in [0.05, 0.1) is 18.8 Å². The summed E-state index contributed by atoms with van der Waals surface area (Å²) >= 11 is 6.26. The number of ether oxygens (including phenoxy) is 3. The summed E-state index contributed by atoms with van der Waals surface area (Å²) in [6, 6.07) is 10.7. The van der Waals surface area contributed by atoms with Crippen LogP contribution in [0.25, 0.3) is 16.6 Å². The molecule has 9 nitrogen and oxygen atoms in total. The Morgan fingerprint density at radius 2 is 2.02 bits per heavy atom. The number of aliphatic hydroxyl groups excluding tert-OH is 1. The van der Waals surface area contributed by atoms with Gasteiger partial charge < -0.3 is 29.6 Å². The number of nitrogens with one attached hydrogen (secondary N) is 2. The normalized spacial score (nSPS) is 13.9. The van der Waals surface area contributed by atoms with Gasteiger partial charge in [-0.05, 0) is 86.5 Å². The minimum absolute atomic E-state index is 0.0415. The Labute approximate surface area is 247 Å². The number of alkyl carbamates (subject to hydrolysis) is 1. The van der Waals surface area contributed by atoms with Gasteiger partial charge in [-0.2, -0.15) is 0 Å². The number of benzene rings is 2. The third kappa shape index (κ3) is 7.82. The molecule has 11 heteroatoms. The Morgan fingerprint density at radius 3 is 2.76 bits per heavy atom. The van der Waals surface area contributed by atoms with Gasteiger partial charge in [-0.3, -0.25) is 4.90 Å². The van der Waals surface area contributed by atoms with Gasteiger partial charge in [0.2, 0.25) is 0 Å². The Hall–Kier alpha value is -4.50. The SMILES string of the molecule is C/C=C\C(=C/C=C=C1c2[nH]c3ccc(Cl)cc3c2CCN1C(=O)Oc1ccc(F)cc1)OC[C@@H](O)CNC(=O)OCC. The first-order chi connectivity index (χ1) is 20.3. The molecule has 1 aromatic heterocycles. The van der Waals surface area contributed by atoms with Crippen molar-refractivity contribution in [2.24, 2.45) is 0 Å². The molecule has 2 heterocycles. The molecule has 0 spiro atoms. The van der Waals surface area contributed by atoms with E-state index in [9.17, 15) is 19.1 Å². The molecule has 0 saturated heterocycles. The quantitative estimate of drug-likeness (QED) is 0.157. The number of rotatable bonds is 9. The number of carbonyl (C=O) groups excluding carboxylic acids is 2. The van der Waals surface area contributed by atoms with E-state index in [0.29, 0.717) is 35.1 Å². The van der Waals surface area contributed by atoms with Gasteiger partial charge in [0.1, 0.15) is 35.7 Å². The summed E-state index contributed by atoms with van der Waals surface area (Å²) in [4.78, 5) is 29.5. The van der Waals surface area contributed by atoms with Crippen LogP contribution in [-0.2, 0) is 15.9 Å². The lowest BCUT2D eigenvalue weighted by Gasteiger charge is -2.27. The number of carbonyl (C=O) groups is 2. The number of H-pyrrole nitrogens is 1. The van der Waals surface area contributed by atoms with E-state index in [2.05, 4.69) is 16.0 Å². The molecule has 1 aliphatic heterocycles. The van der Waals surface area contributed by atoms with E-state index < -0.39 is 24.1 Å². The van der Waals surface area contributed by atoms with Crippen molar-refractivity contribution < 1.29 is 33.3 Å². The standard InChI is InChI=1S/C31H31ClFN3O6/c1-3-6-23(41-19-22(37)18-34-30(38)40-4-2)7-5-8-28-29-25(26-17-20(32)9-14-27(26)35-29)15-16-36(28)31(39)42-24-12-10-21(33)11-13-24/h3,5-7,9-14,17,22,35,37H,4,15-16,18-19H2,1-2H3,(H,34,38)/b6-3-,23-7+/t8?,22-/m0/s1. The number of fused-ring (bicyclic) bond motifs is 3. The van der Waals surface area contributed by atoms with Crippen LogP contribution in [0.15, 0.2) is 78.3 Å². The molecular weight excluding hydrogens is 565 g/mol. The summed E-state index contributed by atoms with van der Waals surface area (Å²) in [5.74, 6) is 0.186. The number of aliphatic hydroxyl groups is 1. The lowest BCUT2D eigenvalue weighted by atomic mass is 10.0. The van der Waals surface area contributed by atoms with Crippen LogP contribution in [0.3, 0.4) is 0 Å². The molecule has 3 N–H and O–H groups in total. The average molecular weight is 596 g/mol. The number of hydrogen-bond donors (Lipinski definition) is 3. The fourth-order valence-corrected chi connectivity index (χ4v) is 4.47. The summed E-state index contributed by atoms with van der Waals surface area (Å²) < 4.78 is 29.4. The van der Waals surface area contributed by atoms with Gasteiger partial charge in [-0.15, -0.1) is 0 Å². The molecule has 0 radical (unpaired) electrons. The number of aromatic amines is 1. The number of amides is 2. The number of nitrogens with zero attached hydrogens (tertiary/aromatic N) is 1. The fourth-order valence-electron chi connectivity index (χ4n) is 4.30. The van der Waals surface area contributed by atoms with Crippen LogP contribution in [0.2, 0.25) is 5.02 Å². The monoisotopic (exact) mass is 595 g/mol. The molecule has 2 aromatic carbocycles. The second-order valence-electron chi connectivity index (χ2n) is 9.19. The highest BCUT2D eigenvalue weighted by Gasteiger charge is 2.30. The predicted molar refractivity (Wildman–Crippen MR) is 158 cm³/mol. The van der Waals surface area contributed by atoms with E-state index in [1.807, 2.05) is 19.1 Å². The van der Waals surface area contributed by atoms with Gasteiger partial charge in [0.25, 0.3) is 0 Å². The predicted octanol–water partition coefficient (Wildman–Crippen LogP) is 6.10. The van der Waals surface area contributed by atoms with Crippen molar-refractivity contribution in [1.82, 2.24) is 15.2 Å². The molecule has 42 heavy (non-hydrogen) atoms. The first-order valence-corrected chi connectivity index (χ1v) is 13.7. The minimum Gasteiger partial charge on any atom is -0.491 e. The van der Waals surface area contributed by atoms with E-state index in [-0.39, 0.29) is 25.5 Å². The maximum absolute atomic E-state index is 13.4. The van der Waals surface area contributed by atoms with Gasteiger partial charge in [-0.25, -0.2) is 14.0 Å². The van der Waals surface area contributed by atoms with Crippen molar-refractivity contribution in [3.05, 3.63) is 100 Å². The summed E-state index contributed by atoms with van der Waals surface area (Å²) in [6.45, 7) is 3.91. The molecule has 0 bridgehead atoms. The highest BCUT2D eigenvalue weighted by atomic mass is 35.5. The van der Waals surface area contributed by atoms with Crippen LogP contribution in [0.5, 0.6) is 5.75 Å². The topological polar surface area (TPSA) is 113 Å². The molecule has 0 unspecified atom stereocenters. The molecule has 0 aliphatic carbocycles. The van der Waals surface area contributed by atoms with Gasteiger partial charge in [0.15, 0.2) is 0 Å². The summed E-state index contributed by atoms with van der Waals surface area (Å²) in [5.41, 5.74) is 6.14. The molecule has 3 aromatic rings. The van der Waals surface area contributed by atoms with Crippen molar-refractivity contribution in [1.29, 1.82) is 0 Å². The van der Waals surface area contributed by atoms with Crippen LogP contribution in [0, 0.1) is 5.82 Å². The molecule has 0 saturated carbocycles. The molecule has 2 amide bonds. The van der Waals surface area contributed by atoms with Crippen molar-refractivity contribution in [2.45, 2.75) is 26.4 Å². The summed E-state index contributed by atoms with van der Waals surface area (Å²) in [6.07, 6.45) is 5.00. The van der Waals surface area contributed by atoms with Crippen molar-refractivity contribution in [3.8, 4) is 5.75 Å². The number of aromatic nitrogens is 1. The Morgan fingerprint density at radius 1 is 1.24 bits per heavy atom. The lowest BCUT2D eigenvalue weighted by Crippen LogP contribution is -2.36. The maximum atomic E-state index is 13.4. The van der Waals surface area contributed by atoms with Crippen LogP contribution in [0.1, 0.15) is 25.1 Å². The van der Waals surface area contributed by atoms with E-state index in [1.54, 1.807) is 37.3 Å². The first-order valence-electron chi connectivity index (χ1n) is 13.4. The zero-order valence-electron chi connectivity index (χ0n) is 23.2. The van der Waals surface area contributed by atoms with Crippen LogP contribution >= 0.6 is 11.6 Å². The lowest BCUT2D eigenvalue weighted by molar-refractivity contribution is 0.0725. The van der Waals surface area contributed by atoms with Crippen molar-refractivity contribution in [3.63, 3.8) is 0 Å². The van der Waals surface area contributed by atoms with E-state index in [0.717, 1.165) is 16.5 Å². The molecule has 1 atom stereocenters. The fraction of sp³-hybridized carbons (Fsp3) is 0.258. The number of halogens is 2. The number of hydrogen-bond acceptors (Lipinski definition) is 6. The third-order valence-corrected chi connectivity index (χ3v) is 6.43. The van der Waals surface area contributed by atoms with Crippen LogP contribution in [-0.4, -0.2) is 59.6 Å². The molecule has 0 fully saturated rings. The number of allylic oxidation sites excluding steroid dienone is 4. The second kappa shape index (κ2) is 14.4. The molecular formula is C31H31ClFN3O6. The van der Waals surface area contributed by atoms with Crippen molar-refractivity contribution >= 4 is 40.4 Å². The van der Waals surface area contributed by atoms with Crippen LogP contribution in [0.4, 0.5) is 14.0 Å². The van der Waals surface area contributed by atoms with Gasteiger partial charge in [0, 0.05) is 22.5 Å². The average Bonchev–Trinajstić information content (AvgIpc) is 3.34. The zero-order valence-corrected chi connectivity index (χ0v) is 23.9. The largest absolute Gasteiger partial charge is 0.491 e.